The second-order valence-electron chi connectivity index (χ2n) is 4.24. The Morgan fingerprint density at radius 2 is 1.84 bits per heavy atom. The Kier molecular flexibility index (Phi) is 7.24. The number of carboxylic acid groups (broad SMARTS) is 1. The summed E-state index contributed by atoms with van der Waals surface area (Å²) in [5.41, 5.74) is 0.498. The topological polar surface area (TPSA) is 71.2 Å². The Hall–Kier alpha value is -1.91. The maximum absolute atomic E-state index is 10.2. The largest absolute Gasteiger partial charge is 0.494 e. The average molecular weight is 264 g/mol. The standard InChI is InChI=1S/C14H20N2O3/c1-2-3-4-5-6-11-19-13-9-7-12(8-10-13)15-16-14(17)18/h7-10H,2-6,11H2,1H3,(H,17,18). The van der Waals surface area contributed by atoms with E-state index < -0.39 is 6.09 Å². The van der Waals surface area contributed by atoms with E-state index in [2.05, 4.69) is 17.2 Å². The van der Waals surface area contributed by atoms with Crippen molar-refractivity contribution in [2.75, 3.05) is 6.61 Å². The molecular formula is C14H20N2O3. The number of rotatable bonds is 8. The van der Waals surface area contributed by atoms with Gasteiger partial charge < -0.3 is 9.84 Å². The fourth-order valence-corrected chi connectivity index (χ4v) is 1.61. The summed E-state index contributed by atoms with van der Waals surface area (Å²) < 4.78 is 5.58. The van der Waals surface area contributed by atoms with Crippen LogP contribution in [0, 0.1) is 0 Å². The molecule has 0 unspecified atom stereocenters. The quantitative estimate of drug-likeness (QED) is 0.541. The zero-order chi connectivity index (χ0) is 13.9. The van der Waals surface area contributed by atoms with E-state index in [9.17, 15) is 4.79 Å². The lowest BCUT2D eigenvalue weighted by atomic mass is 10.2. The van der Waals surface area contributed by atoms with E-state index in [4.69, 9.17) is 9.84 Å². The molecule has 104 valence electrons. The molecule has 0 aromatic heterocycles. The van der Waals surface area contributed by atoms with Crippen LogP contribution < -0.4 is 4.74 Å². The third kappa shape index (κ3) is 7.18. The first-order chi connectivity index (χ1) is 9.22. The number of unbranched alkanes of at least 4 members (excludes halogenated alkanes) is 4. The normalized spacial score (nSPS) is 10.8. The highest BCUT2D eigenvalue weighted by Gasteiger charge is 1.96. The van der Waals surface area contributed by atoms with Crippen LogP contribution in [0.4, 0.5) is 10.5 Å². The van der Waals surface area contributed by atoms with E-state index in [-0.39, 0.29) is 0 Å². The van der Waals surface area contributed by atoms with Gasteiger partial charge in [0.05, 0.1) is 12.3 Å². The predicted octanol–water partition coefficient (Wildman–Crippen LogP) is 4.80. The summed E-state index contributed by atoms with van der Waals surface area (Å²) in [6.07, 6.45) is 4.73. The molecule has 0 saturated heterocycles. The Bertz CT molecular complexity index is 402. The number of nitrogens with zero attached hydrogens (tertiary/aromatic N) is 2. The molecule has 1 amide bonds. The summed E-state index contributed by atoms with van der Waals surface area (Å²) in [6.45, 7) is 2.90. The Labute approximate surface area is 113 Å². The lowest BCUT2D eigenvalue weighted by Gasteiger charge is -2.05. The van der Waals surface area contributed by atoms with Crippen LogP contribution >= 0.6 is 0 Å². The van der Waals surface area contributed by atoms with Crippen molar-refractivity contribution >= 4 is 11.8 Å². The molecule has 0 radical (unpaired) electrons. The molecular weight excluding hydrogens is 244 g/mol. The number of carbonyl (C=O) groups is 1. The lowest BCUT2D eigenvalue weighted by molar-refractivity contribution is 0.204. The van der Waals surface area contributed by atoms with Gasteiger partial charge in [0.15, 0.2) is 0 Å². The molecule has 0 saturated carbocycles. The molecule has 1 aromatic rings. The van der Waals surface area contributed by atoms with E-state index in [1.165, 1.54) is 25.7 Å². The molecule has 1 rings (SSSR count). The molecule has 0 spiro atoms. The SMILES string of the molecule is CCCCCCCOc1ccc(N=NC(=O)O)cc1. The van der Waals surface area contributed by atoms with Crippen LogP contribution in [0.25, 0.3) is 0 Å². The summed E-state index contributed by atoms with van der Waals surface area (Å²) in [6, 6.07) is 6.89. The smallest absolute Gasteiger partial charge is 0.449 e. The van der Waals surface area contributed by atoms with Crippen molar-refractivity contribution in [2.45, 2.75) is 39.0 Å². The van der Waals surface area contributed by atoms with Crippen LogP contribution in [-0.4, -0.2) is 17.8 Å². The van der Waals surface area contributed by atoms with E-state index in [0.29, 0.717) is 12.3 Å². The fraction of sp³-hybridized carbons (Fsp3) is 0.500. The monoisotopic (exact) mass is 264 g/mol. The molecule has 5 nitrogen and oxygen atoms in total. The van der Waals surface area contributed by atoms with Gasteiger partial charge in [0.1, 0.15) is 5.75 Å². The minimum Gasteiger partial charge on any atom is -0.494 e. The summed E-state index contributed by atoms with van der Waals surface area (Å²) in [5.74, 6) is 0.768. The van der Waals surface area contributed by atoms with Crippen molar-refractivity contribution in [1.29, 1.82) is 0 Å². The van der Waals surface area contributed by atoms with Gasteiger partial charge in [0.2, 0.25) is 0 Å². The number of azo groups is 1. The molecule has 0 atom stereocenters. The third-order valence-corrected chi connectivity index (χ3v) is 2.60. The molecule has 1 aromatic carbocycles. The van der Waals surface area contributed by atoms with Gasteiger partial charge in [-0.15, -0.1) is 5.11 Å². The number of benzene rings is 1. The minimum atomic E-state index is -1.30. The van der Waals surface area contributed by atoms with Crippen molar-refractivity contribution in [3.8, 4) is 5.75 Å². The predicted molar refractivity (Wildman–Crippen MR) is 73.2 cm³/mol. The molecule has 0 aliphatic heterocycles. The Morgan fingerprint density at radius 1 is 1.16 bits per heavy atom. The minimum absolute atomic E-state index is 0.498. The maximum atomic E-state index is 10.2. The summed E-state index contributed by atoms with van der Waals surface area (Å²) >= 11 is 0. The highest BCUT2D eigenvalue weighted by molar-refractivity contribution is 5.65. The first-order valence-electron chi connectivity index (χ1n) is 6.60. The summed E-state index contributed by atoms with van der Waals surface area (Å²) in [7, 11) is 0. The number of hydrogen-bond acceptors (Lipinski definition) is 3. The number of amides is 1. The number of ether oxygens (including phenoxy) is 1. The summed E-state index contributed by atoms with van der Waals surface area (Å²) in [5, 5.41) is 14.9. The molecule has 0 bridgehead atoms. The average Bonchev–Trinajstić information content (AvgIpc) is 2.41. The van der Waals surface area contributed by atoms with Gasteiger partial charge in [-0.2, -0.15) is 0 Å². The zero-order valence-corrected chi connectivity index (χ0v) is 11.2. The van der Waals surface area contributed by atoms with Crippen LogP contribution in [-0.2, 0) is 0 Å². The van der Waals surface area contributed by atoms with Gasteiger partial charge in [-0.05, 0) is 30.7 Å². The van der Waals surface area contributed by atoms with E-state index in [1.54, 1.807) is 24.3 Å². The van der Waals surface area contributed by atoms with Gasteiger partial charge in [0.25, 0.3) is 0 Å². The van der Waals surface area contributed by atoms with Crippen molar-refractivity contribution in [3.63, 3.8) is 0 Å². The molecule has 0 heterocycles. The molecule has 1 N–H and O–H groups in total. The van der Waals surface area contributed by atoms with Crippen LogP contribution in [0.3, 0.4) is 0 Å². The zero-order valence-electron chi connectivity index (χ0n) is 11.2. The Balaban J connectivity index is 2.26. The van der Waals surface area contributed by atoms with Crippen molar-refractivity contribution < 1.29 is 14.6 Å². The van der Waals surface area contributed by atoms with Crippen LogP contribution in [0.5, 0.6) is 5.75 Å². The second kappa shape index (κ2) is 9.08. The maximum Gasteiger partial charge on any atom is 0.449 e. The van der Waals surface area contributed by atoms with Crippen LogP contribution in [0.1, 0.15) is 39.0 Å². The molecule has 0 aliphatic rings. The highest BCUT2D eigenvalue weighted by Crippen LogP contribution is 2.18. The van der Waals surface area contributed by atoms with Gasteiger partial charge in [-0.3, -0.25) is 0 Å². The fourth-order valence-electron chi connectivity index (χ4n) is 1.61. The van der Waals surface area contributed by atoms with Gasteiger partial charge in [-0.25, -0.2) is 4.79 Å². The number of hydrogen-bond donors (Lipinski definition) is 1. The van der Waals surface area contributed by atoms with E-state index in [1.807, 2.05) is 0 Å². The molecule has 5 heteroatoms. The molecule has 0 fully saturated rings. The summed E-state index contributed by atoms with van der Waals surface area (Å²) in [4.78, 5) is 10.2. The molecule has 19 heavy (non-hydrogen) atoms. The second-order valence-corrected chi connectivity index (χ2v) is 4.24. The highest BCUT2D eigenvalue weighted by atomic mass is 16.5. The van der Waals surface area contributed by atoms with Crippen LogP contribution in [0.2, 0.25) is 0 Å². The van der Waals surface area contributed by atoms with Crippen molar-refractivity contribution in [3.05, 3.63) is 24.3 Å². The van der Waals surface area contributed by atoms with E-state index >= 15 is 0 Å². The van der Waals surface area contributed by atoms with Gasteiger partial charge in [-0.1, -0.05) is 37.7 Å². The van der Waals surface area contributed by atoms with Crippen molar-refractivity contribution in [1.82, 2.24) is 0 Å². The van der Waals surface area contributed by atoms with Gasteiger partial charge >= 0.3 is 6.09 Å². The van der Waals surface area contributed by atoms with Gasteiger partial charge in [0, 0.05) is 0 Å². The third-order valence-electron chi connectivity index (χ3n) is 2.60. The first-order valence-corrected chi connectivity index (χ1v) is 6.60. The first kappa shape index (κ1) is 15.1. The lowest BCUT2D eigenvalue weighted by Crippen LogP contribution is -1.96. The molecule has 0 aliphatic carbocycles. The Morgan fingerprint density at radius 3 is 2.47 bits per heavy atom. The van der Waals surface area contributed by atoms with Crippen LogP contribution in [0.15, 0.2) is 34.5 Å². The van der Waals surface area contributed by atoms with E-state index in [0.717, 1.165) is 12.2 Å². The van der Waals surface area contributed by atoms with Crippen molar-refractivity contribution in [2.24, 2.45) is 10.2 Å².